The zero-order valence-electron chi connectivity index (χ0n) is 15.9. The second kappa shape index (κ2) is 8.05. The summed E-state index contributed by atoms with van der Waals surface area (Å²) in [5, 5.41) is 19.3. The predicted molar refractivity (Wildman–Crippen MR) is 117 cm³/mol. The van der Waals surface area contributed by atoms with Crippen LogP contribution < -0.4 is 0 Å². The number of carbonyl (C=O) groups is 2. The Morgan fingerprint density at radius 1 is 0.467 bits per heavy atom. The first-order valence-electron chi connectivity index (χ1n) is 9.41. The highest BCUT2D eigenvalue weighted by molar-refractivity contribution is 6.08. The fraction of sp³-hybridized carbons (Fsp3) is 0. The molecule has 0 unspecified atom stereocenters. The first-order valence-corrected chi connectivity index (χ1v) is 9.41. The lowest BCUT2D eigenvalue weighted by Crippen LogP contribution is -2.10. The summed E-state index contributed by atoms with van der Waals surface area (Å²) in [5.74, 6) is -2.54. The average Bonchev–Trinajstić information content (AvgIpc) is 2.79. The van der Waals surface area contributed by atoms with Gasteiger partial charge in [0, 0.05) is 0 Å². The summed E-state index contributed by atoms with van der Waals surface area (Å²) in [7, 11) is 0. The van der Waals surface area contributed by atoms with Gasteiger partial charge in [-0.2, -0.15) is 0 Å². The van der Waals surface area contributed by atoms with E-state index < -0.39 is 11.9 Å². The van der Waals surface area contributed by atoms with Crippen molar-refractivity contribution >= 4 is 11.9 Å². The van der Waals surface area contributed by atoms with E-state index in [1.807, 2.05) is 78.9 Å². The molecule has 0 bridgehead atoms. The van der Waals surface area contributed by atoms with Gasteiger partial charge >= 0.3 is 11.9 Å². The summed E-state index contributed by atoms with van der Waals surface area (Å²) in [6.07, 6.45) is 0. The van der Waals surface area contributed by atoms with Crippen LogP contribution in [0.2, 0.25) is 0 Å². The highest BCUT2D eigenvalue weighted by Gasteiger charge is 2.22. The Labute approximate surface area is 173 Å². The first kappa shape index (κ1) is 19.2. The largest absolute Gasteiger partial charge is 0.478 e. The molecule has 4 aromatic rings. The third kappa shape index (κ3) is 3.47. The molecule has 0 saturated carbocycles. The van der Waals surface area contributed by atoms with Gasteiger partial charge in [-0.3, -0.25) is 0 Å². The van der Waals surface area contributed by atoms with Crippen molar-refractivity contribution < 1.29 is 19.8 Å². The molecule has 0 aromatic heterocycles. The highest BCUT2D eigenvalue weighted by Crippen LogP contribution is 2.39. The molecule has 2 N–H and O–H groups in total. The normalized spacial score (nSPS) is 10.5. The van der Waals surface area contributed by atoms with Crippen molar-refractivity contribution in [3.63, 3.8) is 0 Å². The number of benzene rings is 4. The molecule has 0 saturated heterocycles. The minimum atomic E-state index is -1.27. The van der Waals surface area contributed by atoms with Gasteiger partial charge in [0.25, 0.3) is 0 Å². The molecule has 0 fully saturated rings. The maximum absolute atomic E-state index is 12.0. The summed E-state index contributed by atoms with van der Waals surface area (Å²) < 4.78 is 0. The van der Waals surface area contributed by atoms with Gasteiger partial charge in [-0.05, 0) is 39.4 Å². The molecule has 4 rings (SSSR count). The van der Waals surface area contributed by atoms with E-state index in [1.165, 1.54) is 6.07 Å². The van der Waals surface area contributed by atoms with E-state index in [9.17, 15) is 19.8 Å². The van der Waals surface area contributed by atoms with Crippen LogP contribution in [-0.2, 0) is 0 Å². The molecule has 4 heteroatoms. The van der Waals surface area contributed by atoms with Crippen molar-refractivity contribution in [1.29, 1.82) is 0 Å². The molecule has 4 nitrogen and oxygen atoms in total. The van der Waals surface area contributed by atoms with Crippen molar-refractivity contribution in [2.75, 3.05) is 0 Å². The van der Waals surface area contributed by atoms with Crippen molar-refractivity contribution in [3.05, 3.63) is 108 Å². The molecule has 4 aromatic carbocycles. The number of carboxylic acids is 2. The number of hydrogen-bond donors (Lipinski definition) is 2. The van der Waals surface area contributed by atoms with E-state index in [4.69, 9.17) is 0 Å². The van der Waals surface area contributed by atoms with Gasteiger partial charge in [0.2, 0.25) is 0 Å². The monoisotopic (exact) mass is 394 g/mol. The van der Waals surface area contributed by atoms with Gasteiger partial charge in [-0.25, -0.2) is 9.59 Å². The molecule has 146 valence electrons. The Balaban J connectivity index is 2.00. The molecular weight excluding hydrogens is 376 g/mol. The van der Waals surface area contributed by atoms with Crippen LogP contribution in [-0.4, -0.2) is 22.2 Å². The van der Waals surface area contributed by atoms with Gasteiger partial charge in [0.05, 0.1) is 11.1 Å². The minimum absolute atomic E-state index is 0.213. The molecular formula is C26H18O4. The minimum Gasteiger partial charge on any atom is -0.478 e. The maximum atomic E-state index is 12.0. The summed E-state index contributed by atoms with van der Waals surface area (Å²) in [6.45, 7) is 0. The highest BCUT2D eigenvalue weighted by atomic mass is 16.4. The zero-order chi connectivity index (χ0) is 21.1. The summed E-state index contributed by atoms with van der Waals surface area (Å²) in [4.78, 5) is 23.6. The molecule has 30 heavy (non-hydrogen) atoms. The Kier molecular flexibility index (Phi) is 5.14. The number of hydrogen-bond acceptors (Lipinski definition) is 2. The Morgan fingerprint density at radius 2 is 0.933 bits per heavy atom. The van der Waals surface area contributed by atoms with Gasteiger partial charge in [0.1, 0.15) is 0 Å². The van der Waals surface area contributed by atoms with Crippen molar-refractivity contribution in [2.24, 2.45) is 0 Å². The van der Waals surface area contributed by atoms with Crippen LogP contribution in [0.1, 0.15) is 20.7 Å². The molecule has 0 aliphatic heterocycles. The van der Waals surface area contributed by atoms with E-state index in [0.717, 1.165) is 22.3 Å². The molecule has 0 heterocycles. The molecule has 0 amide bonds. The van der Waals surface area contributed by atoms with Gasteiger partial charge < -0.3 is 10.2 Å². The molecule has 0 spiro atoms. The van der Waals surface area contributed by atoms with Crippen molar-refractivity contribution in [3.8, 4) is 33.4 Å². The van der Waals surface area contributed by atoms with E-state index >= 15 is 0 Å². The van der Waals surface area contributed by atoms with Gasteiger partial charge in [-0.15, -0.1) is 0 Å². The predicted octanol–water partition coefficient (Wildman–Crippen LogP) is 6.08. The lowest BCUT2D eigenvalue weighted by molar-refractivity contribution is 0.0652. The number of aromatic carboxylic acids is 2. The fourth-order valence-electron chi connectivity index (χ4n) is 3.73. The third-order valence-corrected chi connectivity index (χ3v) is 5.03. The van der Waals surface area contributed by atoms with Crippen molar-refractivity contribution in [2.45, 2.75) is 0 Å². The quantitative estimate of drug-likeness (QED) is 0.430. The standard InChI is InChI=1S/C26H18O4/c27-25(28)23-16-8-15-22(24(23)26(29)30)21-14-7-6-13-20(21)19-12-5-4-11-18(19)17-9-2-1-3-10-17/h1-16H,(H,27,28)(H,29,30). The van der Waals surface area contributed by atoms with Crippen LogP contribution in [0.3, 0.4) is 0 Å². The van der Waals surface area contributed by atoms with Crippen LogP contribution in [0.4, 0.5) is 0 Å². The molecule has 0 aliphatic carbocycles. The number of rotatable bonds is 5. The van der Waals surface area contributed by atoms with E-state index in [-0.39, 0.29) is 11.1 Å². The van der Waals surface area contributed by atoms with Gasteiger partial charge in [0.15, 0.2) is 0 Å². The third-order valence-electron chi connectivity index (χ3n) is 5.03. The fourth-order valence-corrected chi connectivity index (χ4v) is 3.73. The second-order valence-corrected chi connectivity index (χ2v) is 6.80. The first-order chi connectivity index (χ1) is 14.6. The van der Waals surface area contributed by atoms with E-state index in [0.29, 0.717) is 11.1 Å². The maximum Gasteiger partial charge on any atom is 0.337 e. The SMILES string of the molecule is O=C(O)c1cccc(-c2ccccc2-c2ccccc2-c2ccccc2)c1C(=O)O. The van der Waals surface area contributed by atoms with Crippen LogP contribution >= 0.6 is 0 Å². The smallest absolute Gasteiger partial charge is 0.337 e. The summed E-state index contributed by atoms with van der Waals surface area (Å²) >= 11 is 0. The molecule has 0 atom stereocenters. The lowest BCUT2D eigenvalue weighted by Gasteiger charge is -2.16. The summed E-state index contributed by atoms with van der Waals surface area (Å²) in [5.41, 5.74) is 4.43. The van der Waals surface area contributed by atoms with Gasteiger partial charge in [-0.1, -0.05) is 91.0 Å². The second-order valence-electron chi connectivity index (χ2n) is 6.80. The molecule has 0 radical (unpaired) electrons. The zero-order valence-corrected chi connectivity index (χ0v) is 15.9. The lowest BCUT2D eigenvalue weighted by atomic mass is 9.87. The Bertz CT molecular complexity index is 1240. The topological polar surface area (TPSA) is 74.6 Å². The Morgan fingerprint density at radius 3 is 1.50 bits per heavy atom. The van der Waals surface area contributed by atoms with Crippen LogP contribution in [0.25, 0.3) is 33.4 Å². The van der Waals surface area contributed by atoms with Crippen molar-refractivity contribution in [1.82, 2.24) is 0 Å². The molecule has 0 aliphatic rings. The summed E-state index contributed by atoms with van der Waals surface area (Å²) in [6, 6.07) is 29.9. The van der Waals surface area contributed by atoms with Crippen LogP contribution in [0, 0.1) is 0 Å². The van der Waals surface area contributed by atoms with E-state index in [1.54, 1.807) is 12.1 Å². The van der Waals surface area contributed by atoms with Crippen LogP contribution in [0.15, 0.2) is 97.1 Å². The van der Waals surface area contributed by atoms with E-state index in [2.05, 4.69) is 0 Å². The average molecular weight is 394 g/mol. The Hall–Kier alpha value is -4.18. The van der Waals surface area contributed by atoms with Crippen LogP contribution in [0.5, 0.6) is 0 Å². The number of carboxylic acid groups (broad SMARTS) is 2.